The first-order chi connectivity index (χ1) is 10.4. The number of amides is 1. The van der Waals surface area contributed by atoms with Gasteiger partial charge in [-0.2, -0.15) is 0 Å². The highest BCUT2D eigenvalue weighted by molar-refractivity contribution is 5.68. The topological polar surface area (TPSA) is 50.8 Å². The predicted molar refractivity (Wildman–Crippen MR) is 87.0 cm³/mol. The van der Waals surface area contributed by atoms with Gasteiger partial charge in [0, 0.05) is 13.7 Å². The highest BCUT2D eigenvalue weighted by atomic mass is 16.6. The summed E-state index contributed by atoms with van der Waals surface area (Å²) in [5.74, 6) is 0.779. The normalized spacial score (nSPS) is 27.2. The smallest absolute Gasteiger partial charge is 0.410 e. The number of ether oxygens (including phenoxy) is 2. The third-order valence-electron chi connectivity index (χ3n) is 4.61. The van der Waals surface area contributed by atoms with E-state index in [1.807, 2.05) is 20.8 Å². The molecule has 2 aliphatic rings. The van der Waals surface area contributed by atoms with Gasteiger partial charge < -0.3 is 19.7 Å². The zero-order valence-electron chi connectivity index (χ0n) is 14.6. The molecule has 128 valence electrons. The van der Waals surface area contributed by atoms with Crippen LogP contribution in [0.1, 0.15) is 52.9 Å². The molecule has 5 nitrogen and oxygen atoms in total. The summed E-state index contributed by atoms with van der Waals surface area (Å²) < 4.78 is 11.0. The van der Waals surface area contributed by atoms with Crippen molar-refractivity contribution in [2.75, 3.05) is 26.7 Å². The highest BCUT2D eigenvalue weighted by Gasteiger charge is 2.37. The van der Waals surface area contributed by atoms with Gasteiger partial charge in [0.05, 0.1) is 18.7 Å². The average Bonchev–Trinajstić information content (AvgIpc) is 2.88. The fourth-order valence-electron chi connectivity index (χ4n) is 3.39. The van der Waals surface area contributed by atoms with Crippen LogP contribution < -0.4 is 5.32 Å². The molecule has 0 spiro atoms. The van der Waals surface area contributed by atoms with Crippen molar-refractivity contribution in [2.45, 2.75) is 70.6 Å². The van der Waals surface area contributed by atoms with Gasteiger partial charge in [-0.05, 0) is 46.1 Å². The summed E-state index contributed by atoms with van der Waals surface area (Å²) in [7, 11) is 1.72. The predicted octanol–water partition coefficient (Wildman–Crippen LogP) is 2.79. The monoisotopic (exact) mass is 312 g/mol. The summed E-state index contributed by atoms with van der Waals surface area (Å²) >= 11 is 0. The van der Waals surface area contributed by atoms with E-state index in [0.29, 0.717) is 13.1 Å². The molecular formula is C17H32N2O3. The molecule has 1 aliphatic heterocycles. The Hall–Kier alpha value is -0.810. The van der Waals surface area contributed by atoms with Gasteiger partial charge in [0.1, 0.15) is 5.60 Å². The lowest BCUT2D eigenvalue weighted by Crippen LogP contribution is -2.43. The van der Waals surface area contributed by atoms with Crippen molar-refractivity contribution in [3.05, 3.63) is 0 Å². The number of rotatable bonds is 4. The second-order valence-corrected chi connectivity index (χ2v) is 7.68. The Morgan fingerprint density at radius 3 is 2.45 bits per heavy atom. The van der Waals surface area contributed by atoms with Crippen LogP contribution in [0.2, 0.25) is 0 Å². The zero-order valence-corrected chi connectivity index (χ0v) is 14.6. The van der Waals surface area contributed by atoms with Crippen molar-refractivity contribution >= 4 is 6.09 Å². The molecule has 5 heteroatoms. The van der Waals surface area contributed by atoms with E-state index in [1.165, 1.54) is 32.1 Å². The summed E-state index contributed by atoms with van der Waals surface area (Å²) in [5, 5.41) is 3.63. The number of likely N-dealkylation sites (tertiary alicyclic amines) is 1. The number of nitrogens with one attached hydrogen (secondary N) is 1. The molecule has 22 heavy (non-hydrogen) atoms. The van der Waals surface area contributed by atoms with Crippen LogP contribution in [0.25, 0.3) is 0 Å². The second-order valence-electron chi connectivity index (χ2n) is 7.68. The summed E-state index contributed by atoms with van der Waals surface area (Å²) in [5.41, 5.74) is -0.451. The van der Waals surface area contributed by atoms with Gasteiger partial charge in [0.25, 0.3) is 0 Å². The molecule has 0 aromatic rings. The van der Waals surface area contributed by atoms with Gasteiger partial charge in [0.15, 0.2) is 0 Å². The van der Waals surface area contributed by atoms with Gasteiger partial charge in [-0.15, -0.1) is 0 Å². The molecule has 0 aromatic carbocycles. The van der Waals surface area contributed by atoms with E-state index in [1.54, 1.807) is 12.0 Å². The Morgan fingerprint density at radius 1 is 1.18 bits per heavy atom. The quantitative estimate of drug-likeness (QED) is 0.867. The van der Waals surface area contributed by atoms with E-state index in [2.05, 4.69) is 5.32 Å². The minimum atomic E-state index is -0.451. The van der Waals surface area contributed by atoms with Crippen molar-refractivity contribution in [1.82, 2.24) is 10.2 Å². The van der Waals surface area contributed by atoms with Gasteiger partial charge in [-0.3, -0.25) is 0 Å². The molecule has 0 bridgehead atoms. The molecule has 2 rings (SSSR count). The molecule has 1 N–H and O–H groups in total. The summed E-state index contributed by atoms with van der Waals surface area (Å²) in [6.07, 6.45) is 6.56. The van der Waals surface area contributed by atoms with Crippen LogP contribution in [-0.4, -0.2) is 55.5 Å². The molecule has 0 aromatic heterocycles. The minimum absolute atomic E-state index is 0.0520. The third-order valence-corrected chi connectivity index (χ3v) is 4.61. The number of hydrogen-bond acceptors (Lipinski definition) is 4. The van der Waals surface area contributed by atoms with Crippen LogP contribution in [0.3, 0.4) is 0 Å². The SMILES string of the molecule is CO[C@H]1CN(C(=O)OC(C)(C)C)CC1NCC1CCCCC1. The van der Waals surface area contributed by atoms with Crippen LogP contribution in [0.15, 0.2) is 0 Å². The average molecular weight is 312 g/mol. The van der Waals surface area contributed by atoms with Gasteiger partial charge in [-0.25, -0.2) is 4.79 Å². The van der Waals surface area contributed by atoms with Crippen molar-refractivity contribution in [3.8, 4) is 0 Å². The molecule has 1 amide bonds. The molecular weight excluding hydrogens is 280 g/mol. The molecule has 1 unspecified atom stereocenters. The van der Waals surface area contributed by atoms with Crippen LogP contribution in [-0.2, 0) is 9.47 Å². The maximum Gasteiger partial charge on any atom is 0.410 e. The number of carbonyl (C=O) groups is 1. The third kappa shape index (κ3) is 5.13. The second kappa shape index (κ2) is 7.64. The first-order valence-electron chi connectivity index (χ1n) is 8.63. The maximum absolute atomic E-state index is 12.2. The Balaban J connectivity index is 1.82. The lowest BCUT2D eigenvalue weighted by molar-refractivity contribution is 0.0252. The van der Waals surface area contributed by atoms with Crippen LogP contribution in [0.4, 0.5) is 4.79 Å². The van der Waals surface area contributed by atoms with E-state index in [0.717, 1.165) is 12.5 Å². The zero-order chi connectivity index (χ0) is 16.2. The van der Waals surface area contributed by atoms with Crippen LogP contribution >= 0.6 is 0 Å². The Labute approximate surface area is 134 Å². The summed E-state index contributed by atoms with van der Waals surface area (Å²) in [6, 6.07) is 0.208. The maximum atomic E-state index is 12.2. The fraction of sp³-hybridized carbons (Fsp3) is 0.941. The molecule has 1 saturated carbocycles. The Kier molecular flexibility index (Phi) is 6.09. The van der Waals surface area contributed by atoms with E-state index >= 15 is 0 Å². The van der Waals surface area contributed by atoms with E-state index in [4.69, 9.17) is 9.47 Å². The van der Waals surface area contributed by atoms with Crippen molar-refractivity contribution in [2.24, 2.45) is 5.92 Å². The van der Waals surface area contributed by atoms with E-state index in [-0.39, 0.29) is 18.2 Å². The number of methoxy groups -OCH3 is 1. The molecule has 2 atom stereocenters. The minimum Gasteiger partial charge on any atom is -0.444 e. The van der Waals surface area contributed by atoms with Crippen LogP contribution in [0, 0.1) is 5.92 Å². The lowest BCUT2D eigenvalue weighted by Gasteiger charge is -2.26. The summed E-state index contributed by atoms with van der Waals surface area (Å²) in [4.78, 5) is 14.0. The fourth-order valence-corrected chi connectivity index (χ4v) is 3.39. The van der Waals surface area contributed by atoms with E-state index < -0.39 is 5.60 Å². The molecule has 1 heterocycles. The number of carbonyl (C=O) groups excluding carboxylic acids is 1. The van der Waals surface area contributed by atoms with Crippen LogP contribution in [0.5, 0.6) is 0 Å². The first kappa shape index (κ1) is 17.5. The summed E-state index contributed by atoms with van der Waals surface area (Å²) in [6.45, 7) is 8.00. The highest BCUT2D eigenvalue weighted by Crippen LogP contribution is 2.24. The first-order valence-corrected chi connectivity index (χ1v) is 8.63. The Morgan fingerprint density at radius 2 is 1.86 bits per heavy atom. The van der Waals surface area contributed by atoms with Gasteiger partial charge in [-0.1, -0.05) is 19.3 Å². The van der Waals surface area contributed by atoms with Crippen molar-refractivity contribution < 1.29 is 14.3 Å². The largest absolute Gasteiger partial charge is 0.444 e. The standard InChI is InChI=1S/C17H32N2O3/c1-17(2,3)22-16(20)19-11-14(15(12-19)21-4)18-10-13-8-6-5-7-9-13/h13-15,18H,5-12H2,1-4H3/t14?,15-/m0/s1. The number of hydrogen-bond donors (Lipinski definition) is 1. The number of nitrogens with zero attached hydrogens (tertiary/aromatic N) is 1. The van der Waals surface area contributed by atoms with Gasteiger partial charge >= 0.3 is 6.09 Å². The Bertz CT molecular complexity index is 361. The molecule has 1 aliphatic carbocycles. The van der Waals surface area contributed by atoms with Crippen molar-refractivity contribution in [3.63, 3.8) is 0 Å². The molecule has 2 fully saturated rings. The van der Waals surface area contributed by atoms with Crippen molar-refractivity contribution in [1.29, 1.82) is 0 Å². The lowest BCUT2D eigenvalue weighted by atomic mass is 9.89. The van der Waals surface area contributed by atoms with Gasteiger partial charge in [0.2, 0.25) is 0 Å². The molecule has 0 radical (unpaired) electrons. The van der Waals surface area contributed by atoms with E-state index in [9.17, 15) is 4.79 Å². The molecule has 1 saturated heterocycles.